The lowest BCUT2D eigenvalue weighted by atomic mass is 9.95. The average molecular weight is 597 g/mol. The van der Waals surface area contributed by atoms with Crippen LogP contribution in [-0.4, -0.2) is 50.0 Å². The lowest BCUT2D eigenvalue weighted by molar-refractivity contribution is -0.141. The van der Waals surface area contributed by atoms with Gasteiger partial charge >= 0.3 is 0 Å². The van der Waals surface area contributed by atoms with Crippen molar-refractivity contribution in [3.05, 3.63) is 63.6 Å². The van der Waals surface area contributed by atoms with Crippen LogP contribution in [0.5, 0.6) is 0 Å². The molecule has 0 heterocycles. The van der Waals surface area contributed by atoms with E-state index in [1.807, 2.05) is 19.9 Å². The first-order valence-corrected chi connectivity index (χ1v) is 16.2. The van der Waals surface area contributed by atoms with Crippen molar-refractivity contribution in [1.82, 2.24) is 10.2 Å². The second-order valence-electron chi connectivity index (χ2n) is 10.3. The fourth-order valence-corrected chi connectivity index (χ4v) is 6.58. The molecule has 0 radical (unpaired) electrons. The molecule has 1 N–H and O–H groups in total. The molecular formula is C29H39Cl2N3O4S. The summed E-state index contributed by atoms with van der Waals surface area (Å²) in [6, 6.07) is 11.8. The van der Waals surface area contributed by atoms with E-state index < -0.39 is 16.1 Å². The number of amides is 2. The summed E-state index contributed by atoms with van der Waals surface area (Å²) in [5.41, 5.74) is 2.08. The van der Waals surface area contributed by atoms with Gasteiger partial charge in [0.1, 0.15) is 6.04 Å². The van der Waals surface area contributed by atoms with E-state index in [0.29, 0.717) is 27.7 Å². The van der Waals surface area contributed by atoms with Gasteiger partial charge in [0.2, 0.25) is 21.8 Å². The first-order chi connectivity index (χ1) is 18.5. The number of nitrogens with zero attached hydrogens (tertiary/aromatic N) is 2. The maximum absolute atomic E-state index is 13.7. The van der Waals surface area contributed by atoms with E-state index in [2.05, 4.69) is 5.32 Å². The molecule has 10 heteroatoms. The average Bonchev–Trinajstić information content (AvgIpc) is 2.88. The lowest BCUT2D eigenvalue weighted by Crippen LogP contribution is -2.51. The Balaban J connectivity index is 1.80. The number of hydrogen-bond donors (Lipinski definition) is 1. The summed E-state index contributed by atoms with van der Waals surface area (Å²) < 4.78 is 26.4. The molecule has 0 spiro atoms. The molecule has 1 aliphatic rings. The highest BCUT2D eigenvalue weighted by Gasteiger charge is 2.31. The van der Waals surface area contributed by atoms with Gasteiger partial charge in [0, 0.05) is 41.2 Å². The number of benzene rings is 2. The van der Waals surface area contributed by atoms with Crippen molar-refractivity contribution in [1.29, 1.82) is 0 Å². The molecular weight excluding hydrogens is 557 g/mol. The van der Waals surface area contributed by atoms with Crippen LogP contribution >= 0.6 is 23.2 Å². The molecule has 1 saturated carbocycles. The van der Waals surface area contributed by atoms with E-state index in [1.54, 1.807) is 41.3 Å². The highest BCUT2D eigenvalue weighted by atomic mass is 35.5. The number of halogens is 2. The van der Waals surface area contributed by atoms with Gasteiger partial charge in [-0.2, -0.15) is 0 Å². The Bertz CT molecular complexity index is 1230. The number of carbonyl (C=O) groups is 2. The van der Waals surface area contributed by atoms with Gasteiger partial charge in [-0.05, 0) is 62.4 Å². The van der Waals surface area contributed by atoms with Crippen LogP contribution in [0.1, 0.15) is 69.4 Å². The van der Waals surface area contributed by atoms with E-state index in [0.717, 1.165) is 37.5 Å². The summed E-state index contributed by atoms with van der Waals surface area (Å²) in [6.07, 6.45) is 7.14. The Kier molecular flexibility index (Phi) is 11.5. The summed E-state index contributed by atoms with van der Waals surface area (Å²) in [6.45, 7) is 4.00. The number of aryl methyl sites for hydroxylation is 1. The van der Waals surface area contributed by atoms with Gasteiger partial charge in [-0.1, -0.05) is 67.6 Å². The molecule has 7 nitrogen and oxygen atoms in total. The van der Waals surface area contributed by atoms with Crippen LogP contribution in [-0.2, 0) is 26.2 Å². The molecule has 1 atom stereocenters. The van der Waals surface area contributed by atoms with Gasteiger partial charge in [0.15, 0.2) is 0 Å². The topological polar surface area (TPSA) is 86.8 Å². The Morgan fingerprint density at radius 2 is 1.69 bits per heavy atom. The zero-order valence-corrected chi connectivity index (χ0v) is 25.3. The second kappa shape index (κ2) is 14.4. The Morgan fingerprint density at radius 3 is 2.28 bits per heavy atom. The standard InChI is InChI=1S/C29H39Cl2N3O4S/c1-4-27(29(36)32-22-12-6-5-7-13-22)33(20-24-25(30)15-9-16-26(24)31)28(35)17-10-18-34(39(3,37)38)23-14-8-11-21(2)19-23/h8-9,11,14-16,19,22,27H,4-7,10,12-13,17-18,20H2,1-3H3,(H,32,36)/t27-/m0/s1. The minimum atomic E-state index is -3.55. The molecule has 0 aromatic heterocycles. The minimum Gasteiger partial charge on any atom is -0.352 e. The van der Waals surface area contributed by atoms with E-state index in [1.165, 1.54) is 10.7 Å². The van der Waals surface area contributed by atoms with E-state index in [4.69, 9.17) is 23.2 Å². The first-order valence-electron chi connectivity index (χ1n) is 13.6. The number of nitrogens with one attached hydrogen (secondary N) is 1. The highest BCUT2D eigenvalue weighted by molar-refractivity contribution is 7.92. The predicted octanol–water partition coefficient (Wildman–Crippen LogP) is 6.10. The van der Waals surface area contributed by atoms with Crippen molar-refractivity contribution in [2.45, 2.75) is 83.8 Å². The van der Waals surface area contributed by atoms with E-state index in [-0.39, 0.29) is 43.8 Å². The molecule has 214 valence electrons. The maximum Gasteiger partial charge on any atom is 0.243 e. The van der Waals surface area contributed by atoms with Crippen molar-refractivity contribution < 1.29 is 18.0 Å². The summed E-state index contributed by atoms with van der Waals surface area (Å²) in [5, 5.41) is 4.00. The smallest absolute Gasteiger partial charge is 0.243 e. The third-order valence-electron chi connectivity index (χ3n) is 7.17. The van der Waals surface area contributed by atoms with Gasteiger partial charge in [-0.3, -0.25) is 13.9 Å². The number of sulfonamides is 1. The van der Waals surface area contributed by atoms with Gasteiger partial charge < -0.3 is 10.2 Å². The fraction of sp³-hybridized carbons (Fsp3) is 0.517. The zero-order valence-electron chi connectivity index (χ0n) is 23.0. The maximum atomic E-state index is 13.7. The van der Waals surface area contributed by atoms with Gasteiger partial charge in [-0.15, -0.1) is 0 Å². The minimum absolute atomic E-state index is 0.0626. The van der Waals surface area contributed by atoms with Crippen molar-refractivity contribution in [3.63, 3.8) is 0 Å². The van der Waals surface area contributed by atoms with Crippen molar-refractivity contribution >= 4 is 50.7 Å². The monoisotopic (exact) mass is 595 g/mol. The largest absolute Gasteiger partial charge is 0.352 e. The lowest BCUT2D eigenvalue weighted by Gasteiger charge is -2.33. The van der Waals surface area contributed by atoms with Gasteiger partial charge in [0.25, 0.3) is 0 Å². The number of hydrogen-bond acceptors (Lipinski definition) is 4. The molecule has 0 unspecified atom stereocenters. The molecule has 1 fully saturated rings. The van der Waals surface area contributed by atoms with E-state index in [9.17, 15) is 18.0 Å². The molecule has 0 saturated heterocycles. The van der Waals surface area contributed by atoms with Crippen LogP contribution in [0.25, 0.3) is 0 Å². The van der Waals surface area contributed by atoms with Crippen molar-refractivity contribution in [3.8, 4) is 0 Å². The highest BCUT2D eigenvalue weighted by Crippen LogP contribution is 2.28. The zero-order chi connectivity index (χ0) is 28.6. The van der Waals surface area contributed by atoms with E-state index >= 15 is 0 Å². The predicted molar refractivity (Wildman–Crippen MR) is 159 cm³/mol. The molecule has 3 rings (SSSR count). The van der Waals surface area contributed by atoms with Crippen LogP contribution in [0, 0.1) is 6.92 Å². The van der Waals surface area contributed by atoms with Gasteiger partial charge in [0.05, 0.1) is 11.9 Å². The number of carbonyl (C=O) groups excluding carboxylic acids is 2. The van der Waals surface area contributed by atoms with Crippen LogP contribution in [0.2, 0.25) is 10.0 Å². The molecule has 39 heavy (non-hydrogen) atoms. The van der Waals surface area contributed by atoms with Crippen molar-refractivity contribution in [2.24, 2.45) is 0 Å². The molecule has 1 aliphatic carbocycles. The summed E-state index contributed by atoms with van der Waals surface area (Å²) in [5.74, 6) is -0.437. The normalized spacial score (nSPS) is 15.0. The Hall–Kier alpha value is -2.29. The van der Waals surface area contributed by atoms with Crippen molar-refractivity contribution in [2.75, 3.05) is 17.1 Å². The van der Waals surface area contributed by atoms with Crippen LogP contribution in [0.15, 0.2) is 42.5 Å². The molecule has 2 amide bonds. The third-order valence-corrected chi connectivity index (χ3v) is 9.07. The Labute approximate surface area is 242 Å². The second-order valence-corrected chi connectivity index (χ2v) is 13.0. The first kappa shape index (κ1) is 31.2. The van der Waals surface area contributed by atoms with Crippen LogP contribution in [0.4, 0.5) is 5.69 Å². The number of rotatable bonds is 12. The number of anilines is 1. The Morgan fingerprint density at radius 1 is 1.05 bits per heavy atom. The van der Waals surface area contributed by atoms with Crippen LogP contribution in [0.3, 0.4) is 0 Å². The molecule has 2 aromatic carbocycles. The third kappa shape index (κ3) is 8.85. The summed E-state index contributed by atoms with van der Waals surface area (Å²) in [4.78, 5) is 28.6. The molecule has 0 bridgehead atoms. The van der Waals surface area contributed by atoms with Crippen LogP contribution < -0.4 is 9.62 Å². The van der Waals surface area contributed by atoms with Gasteiger partial charge in [-0.25, -0.2) is 8.42 Å². The summed E-state index contributed by atoms with van der Waals surface area (Å²) >= 11 is 12.9. The molecule has 0 aliphatic heterocycles. The quantitative estimate of drug-likeness (QED) is 0.321. The fourth-order valence-electron chi connectivity index (χ4n) is 5.10. The SMILES string of the molecule is CC[C@@H](C(=O)NC1CCCCC1)N(Cc1c(Cl)cccc1Cl)C(=O)CCCN(c1cccc(C)c1)S(C)(=O)=O. The molecule has 2 aromatic rings. The summed E-state index contributed by atoms with van der Waals surface area (Å²) in [7, 11) is -3.55.